The van der Waals surface area contributed by atoms with Crippen molar-refractivity contribution in [2.24, 2.45) is 0 Å². The van der Waals surface area contributed by atoms with Gasteiger partial charge in [0.15, 0.2) is 0 Å². The molecule has 1 unspecified atom stereocenters. The molecule has 0 saturated carbocycles. The van der Waals surface area contributed by atoms with E-state index in [1.807, 2.05) is 57.0 Å². The van der Waals surface area contributed by atoms with Crippen LogP contribution in [0.4, 0.5) is 4.79 Å². The number of carbonyl (C=O) groups is 3. The number of H-pyrrole nitrogens is 1. The second-order valence-corrected chi connectivity index (χ2v) is 14.2. The second kappa shape index (κ2) is 11.9. The Morgan fingerprint density at radius 2 is 1.59 bits per heavy atom. The molecule has 1 aliphatic carbocycles. The fraction of sp³-hybridized carbons (Fsp3) is 0.528. The van der Waals surface area contributed by atoms with Crippen molar-refractivity contribution >= 4 is 28.7 Å². The van der Waals surface area contributed by atoms with Crippen LogP contribution in [0.5, 0.6) is 0 Å². The molecule has 0 radical (unpaired) electrons. The van der Waals surface area contributed by atoms with Crippen LogP contribution in [0.15, 0.2) is 54.7 Å². The first-order valence-corrected chi connectivity index (χ1v) is 16.4. The summed E-state index contributed by atoms with van der Waals surface area (Å²) in [6, 6.07) is 15.5. The lowest BCUT2D eigenvalue weighted by molar-refractivity contribution is -0.136. The van der Waals surface area contributed by atoms with Crippen LogP contribution >= 0.6 is 0 Å². The number of amides is 4. The zero-order chi connectivity index (χ0) is 31.1. The van der Waals surface area contributed by atoms with E-state index in [1.165, 1.54) is 17.5 Å². The number of nitrogens with zero attached hydrogens (tertiary/aromatic N) is 2. The summed E-state index contributed by atoms with van der Waals surface area (Å²) < 4.78 is 0. The smallest absolute Gasteiger partial charge is 0.315 e. The maximum atomic E-state index is 14.3. The van der Waals surface area contributed by atoms with Crippen molar-refractivity contribution in [3.05, 3.63) is 71.4 Å². The Balaban J connectivity index is 1.22. The van der Waals surface area contributed by atoms with Gasteiger partial charge in [0, 0.05) is 60.2 Å². The first-order chi connectivity index (χ1) is 21.1. The van der Waals surface area contributed by atoms with Crippen molar-refractivity contribution < 1.29 is 14.4 Å². The second-order valence-electron chi connectivity index (χ2n) is 14.2. The van der Waals surface area contributed by atoms with Gasteiger partial charge in [-0.1, -0.05) is 49.4 Å². The Kier molecular flexibility index (Phi) is 8.20. The normalized spacial score (nSPS) is 21.1. The first-order valence-electron chi connectivity index (χ1n) is 16.4. The zero-order valence-electron chi connectivity index (χ0n) is 26.6. The number of aromatic nitrogens is 1. The molecule has 1 aromatic heterocycles. The van der Waals surface area contributed by atoms with Gasteiger partial charge in [-0.3, -0.25) is 9.59 Å². The predicted molar refractivity (Wildman–Crippen MR) is 174 cm³/mol. The third-order valence-electron chi connectivity index (χ3n) is 10.2. The lowest BCUT2D eigenvalue weighted by Crippen LogP contribution is -2.57. The molecule has 3 heterocycles. The van der Waals surface area contributed by atoms with Crippen LogP contribution in [-0.2, 0) is 15.0 Å². The molecule has 3 aromatic rings. The van der Waals surface area contributed by atoms with E-state index in [9.17, 15) is 14.4 Å². The molecule has 2 fully saturated rings. The third kappa shape index (κ3) is 5.83. The van der Waals surface area contributed by atoms with Gasteiger partial charge in [0.1, 0.15) is 6.04 Å². The molecule has 3 N–H and O–H groups in total. The summed E-state index contributed by atoms with van der Waals surface area (Å²) in [5, 5.41) is 7.08. The molecular formula is C36H47N5O3. The number of rotatable bonds is 5. The van der Waals surface area contributed by atoms with Crippen LogP contribution < -0.4 is 10.6 Å². The maximum Gasteiger partial charge on any atom is 0.315 e. The van der Waals surface area contributed by atoms with Crippen molar-refractivity contribution in [3.63, 3.8) is 0 Å². The van der Waals surface area contributed by atoms with E-state index < -0.39 is 11.6 Å². The molecule has 2 saturated heterocycles. The molecule has 8 heteroatoms. The number of piperidine rings is 2. The summed E-state index contributed by atoms with van der Waals surface area (Å²) in [7, 11) is 0. The highest BCUT2D eigenvalue weighted by Crippen LogP contribution is 2.52. The summed E-state index contributed by atoms with van der Waals surface area (Å²) in [5.74, 6) is -0.147. The molecule has 234 valence electrons. The minimum atomic E-state index is -0.727. The van der Waals surface area contributed by atoms with Gasteiger partial charge in [-0.05, 0) is 82.1 Å². The molecule has 2 aliphatic heterocycles. The van der Waals surface area contributed by atoms with Gasteiger partial charge in [-0.15, -0.1) is 0 Å². The topological polar surface area (TPSA) is 97.5 Å². The van der Waals surface area contributed by atoms with Crippen LogP contribution in [0, 0.1) is 0 Å². The molecule has 2 aromatic carbocycles. The van der Waals surface area contributed by atoms with Crippen LogP contribution in [0.2, 0.25) is 0 Å². The van der Waals surface area contributed by atoms with Gasteiger partial charge in [0.05, 0.1) is 5.92 Å². The monoisotopic (exact) mass is 597 g/mol. The standard InChI is InChI=1S/C36H47N5O3/c1-24(28-23-37-30-15-9-7-13-26(28)30)31(38-34(44)39-35(2,3)4)33(43)41-20-16-36(17-21-41)22-27(25-12-6-8-14-29(25)36)32(42)40-18-10-5-11-19-40/h6-9,12-15,23-24,27,31,37H,5,10-11,16-22H2,1-4H3,(H2,38,39,44)/t24-,27-,31?/m1/s1. The van der Waals surface area contributed by atoms with Gasteiger partial charge in [0.25, 0.3) is 0 Å². The fourth-order valence-corrected chi connectivity index (χ4v) is 7.84. The number of hydrogen-bond donors (Lipinski definition) is 3. The van der Waals surface area contributed by atoms with Crippen molar-refractivity contribution in [1.82, 2.24) is 25.4 Å². The van der Waals surface area contributed by atoms with Gasteiger partial charge in [-0.2, -0.15) is 0 Å². The SMILES string of the molecule is C[C@H](c1c[nH]c2ccccc12)C(NC(=O)NC(C)(C)C)C(=O)N1CCC2(CC1)C[C@@H](C(=O)N1CCCCC1)c1ccccc12. The van der Waals surface area contributed by atoms with Crippen LogP contribution in [0.25, 0.3) is 10.9 Å². The maximum absolute atomic E-state index is 14.3. The Morgan fingerprint density at radius 1 is 0.909 bits per heavy atom. The van der Waals surface area contributed by atoms with Crippen LogP contribution in [0.3, 0.4) is 0 Å². The molecular weight excluding hydrogens is 550 g/mol. The Morgan fingerprint density at radius 3 is 2.32 bits per heavy atom. The molecule has 4 amide bonds. The van der Waals surface area contributed by atoms with Gasteiger partial charge in [-0.25, -0.2) is 4.79 Å². The summed E-state index contributed by atoms with van der Waals surface area (Å²) in [6.45, 7) is 10.7. The average molecular weight is 598 g/mol. The summed E-state index contributed by atoms with van der Waals surface area (Å²) in [5.41, 5.74) is 3.93. The minimum absolute atomic E-state index is 0.0612. The predicted octanol–water partition coefficient (Wildman–Crippen LogP) is 5.80. The summed E-state index contributed by atoms with van der Waals surface area (Å²) in [4.78, 5) is 48.5. The van der Waals surface area contributed by atoms with Crippen LogP contribution in [-0.4, -0.2) is 70.4 Å². The van der Waals surface area contributed by atoms with E-state index in [4.69, 9.17) is 0 Å². The third-order valence-corrected chi connectivity index (χ3v) is 10.2. The number of benzene rings is 2. The van der Waals surface area contributed by atoms with E-state index in [1.54, 1.807) is 0 Å². The molecule has 6 rings (SSSR count). The van der Waals surface area contributed by atoms with Gasteiger partial charge < -0.3 is 25.4 Å². The number of likely N-dealkylation sites (tertiary alicyclic amines) is 2. The van der Waals surface area contributed by atoms with Crippen molar-refractivity contribution in [2.75, 3.05) is 26.2 Å². The van der Waals surface area contributed by atoms with Crippen molar-refractivity contribution in [1.29, 1.82) is 0 Å². The number of nitrogens with one attached hydrogen (secondary N) is 3. The zero-order valence-corrected chi connectivity index (χ0v) is 26.6. The van der Waals surface area contributed by atoms with Crippen LogP contribution in [0.1, 0.15) is 94.7 Å². The lowest BCUT2D eigenvalue weighted by atomic mass is 9.73. The average Bonchev–Trinajstić information content (AvgIpc) is 3.59. The van der Waals surface area contributed by atoms with E-state index in [2.05, 4.69) is 50.8 Å². The first kappa shape index (κ1) is 30.2. The largest absolute Gasteiger partial charge is 0.361 e. The number of fused-ring (bicyclic) bond motifs is 3. The van der Waals surface area contributed by atoms with Crippen molar-refractivity contribution in [2.45, 2.75) is 95.1 Å². The lowest BCUT2D eigenvalue weighted by Gasteiger charge is -2.42. The van der Waals surface area contributed by atoms with E-state index in [0.717, 1.165) is 61.7 Å². The van der Waals surface area contributed by atoms with E-state index >= 15 is 0 Å². The highest BCUT2D eigenvalue weighted by molar-refractivity contribution is 5.91. The van der Waals surface area contributed by atoms with Crippen molar-refractivity contribution in [3.8, 4) is 0 Å². The highest BCUT2D eigenvalue weighted by Gasteiger charge is 2.49. The number of carbonyl (C=O) groups excluding carboxylic acids is 3. The van der Waals surface area contributed by atoms with Gasteiger partial charge in [0.2, 0.25) is 11.8 Å². The number of hydrogen-bond acceptors (Lipinski definition) is 3. The van der Waals surface area contributed by atoms with E-state index in [0.29, 0.717) is 13.1 Å². The highest BCUT2D eigenvalue weighted by atomic mass is 16.2. The Bertz CT molecular complexity index is 1520. The summed E-state index contributed by atoms with van der Waals surface area (Å²) in [6.07, 6.45) is 7.75. The minimum Gasteiger partial charge on any atom is -0.361 e. The summed E-state index contributed by atoms with van der Waals surface area (Å²) >= 11 is 0. The molecule has 0 bridgehead atoms. The molecule has 3 aliphatic rings. The molecule has 1 spiro atoms. The number of para-hydroxylation sites is 1. The Hall–Kier alpha value is -3.81. The quantitative estimate of drug-likeness (QED) is 0.347. The fourth-order valence-electron chi connectivity index (χ4n) is 7.84. The molecule has 3 atom stereocenters. The molecule has 44 heavy (non-hydrogen) atoms. The van der Waals surface area contributed by atoms with E-state index in [-0.39, 0.29) is 35.1 Å². The number of urea groups is 1. The Labute approximate surface area is 260 Å². The number of aromatic amines is 1. The van der Waals surface area contributed by atoms with Gasteiger partial charge >= 0.3 is 6.03 Å². The molecule has 8 nitrogen and oxygen atoms in total.